The van der Waals surface area contributed by atoms with Crippen molar-refractivity contribution in [2.75, 3.05) is 32.8 Å². The number of nitrogens with one attached hydrogen (secondary N) is 1. The molecule has 98 valence electrons. The summed E-state index contributed by atoms with van der Waals surface area (Å²) in [6.45, 7) is 3.62. The van der Waals surface area contributed by atoms with Crippen LogP contribution in [0.3, 0.4) is 0 Å². The highest BCUT2D eigenvalue weighted by molar-refractivity contribution is 5.82. The Hall–Kier alpha value is -0.650. The van der Waals surface area contributed by atoms with E-state index in [-0.39, 0.29) is 5.91 Å². The number of carbonyl (C=O) groups is 1. The molecule has 3 N–H and O–H groups in total. The molecule has 0 radical (unpaired) electrons. The molecule has 2 aliphatic rings. The van der Waals surface area contributed by atoms with Gasteiger partial charge in [0.25, 0.3) is 0 Å². The van der Waals surface area contributed by atoms with Crippen LogP contribution in [0.5, 0.6) is 0 Å². The van der Waals surface area contributed by atoms with Gasteiger partial charge in [-0.15, -0.1) is 0 Å². The predicted molar refractivity (Wildman–Crippen MR) is 65.1 cm³/mol. The van der Waals surface area contributed by atoms with Gasteiger partial charge in [-0.3, -0.25) is 10.2 Å². The molecular weight excluding hydrogens is 218 g/mol. The van der Waals surface area contributed by atoms with Crippen LogP contribution >= 0.6 is 0 Å². The number of hydrazine groups is 1. The van der Waals surface area contributed by atoms with Gasteiger partial charge in [0.1, 0.15) is 0 Å². The van der Waals surface area contributed by atoms with Crippen LogP contribution in [-0.2, 0) is 9.53 Å². The first kappa shape index (κ1) is 12.8. The zero-order valence-corrected chi connectivity index (χ0v) is 10.4. The minimum Gasteiger partial charge on any atom is -0.381 e. The smallest absolute Gasteiger partial charge is 0.241 e. The number of hydrogen-bond donors (Lipinski definition) is 2. The molecule has 0 unspecified atom stereocenters. The Balaban J connectivity index is 1.91. The normalized spacial score (nSPS) is 25.5. The number of hydrogen-bond acceptors (Lipinski definition) is 4. The second-order valence-corrected chi connectivity index (χ2v) is 5.09. The molecule has 0 saturated carbocycles. The standard InChI is InChI=1S/C12H23N3O2/c13-10-12(4-8-17-9-5-12)11(16)14-15-6-2-1-3-7-15/h1-10,13H2,(H,14,16). The highest BCUT2D eigenvalue weighted by atomic mass is 16.5. The summed E-state index contributed by atoms with van der Waals surface area (Å²) in [5.41, 5.74) is 8.44. The summed E-state index contributed by atoms with van der Waals surface area (Å²) in [6, 6.07) is 0. The van der Waals surface area contributed by atoms with E-state index in [0.717, 1.165) is 25.9 Å². The molecule has 2 saturated heterocycles. The van der Waals surface area contributed by atoms with E-state index in [9.17, 15) is 4.79 Å². The summed E-state index contributed by atoms with van der Waals surface area (Å²) >= 11 is 0. The zero-order chi connectivity index (χ0) is 12.1. The third-order valence-electron chi connectivity index (χ3n) is 3.94. The van der Waals surface area contributed by atoms with Crippen molar-refractivity contribution in [1.29, 1.82) is 0 Å². The lowest BCUT2D eigenvalue weighted by molar-refractivity contribution is -0.141. The lowest BCUT2D eigenvalue weighted by Gasteiger charge is -2.37. The number of nitrogens with zero attached hydrogens (tertiary/aromatic N) is 1. The molecule has 5 heteroatoms. The second kappa shape index (κ2) is 5.80. The van der Waals surface area contributed by atoms with E-state index >= 15 is 0 Å². The maximum atomic E-state index is 12.3. The third-order valence-corrected chi connectivity index (χ3v) is 3.94. The summed E-state index contributed by atoms with van der Waals surface area (Å²) in [6.07, 6.45) is 5.08. The molecule has 0 bridgehead atoms. The van der Waals surface area contributed by atoms with E-state index in [1.54, 1.807) is 0 Å². The minimum absolute atomic E-state index is 0.0881. The van der Waals surface area contributed by atoms with Gasteiger partial charge in [-0.2, -0.15) is 0 Å². The highest BCUT2D eigenvalue weighted by Crippen LogP contribution is 2.29. The highest BCUT2D eigenvalue weighted by Gasteiger charge is 2.39. The molecule has 17 heavy (non-hydrogen) atoms. The van der Waals surface area contributed by atoms with Crippen LogP contribution < -0.4 is 11.2 Å². The van der Waals surface area contributed by atoms with Gasteiger partial charge in [-0.25, -0.2) is 5.01 Å². The van der Waals surface area contributed by atoms with Crippen LogP contribution in [0.2, 0.25) is 0 Å². The van der Waals surface area contributed by atoms with E-state index < -0.39 is 5.41 Å². The third kappa shape index (κ3) is 2.97. The van der Waals surface area contributed by atoms with Gasteiger partial charge in [-0.1, -0.05) is 6.42 Å². The number of carbonyl (C=O) groups excluding carboxylic acids is 1. The molecule has 0 aromatic carbocycles. The van der Waals surface area contributed by atoms with Crippen LogP contribution in [-0.4, -0.2) is 43.8 Å². The van der Waals surface area contributed by atoms with Gasteiger partial charge in [0.2, 0.25) is 5.91 Å². The first-order chi connectivity index (χ1) is 8.27. The van der Waals surface area contributed by atoms with Crippen LogP contribution in [0.15, 0.2) is 0 Å². The average molecular weight is 241 g/mol. The Morgan fingerprint density at radius 1 is 1.24 bits per heavy atom. The van der Waals surface area contributed by atoms with Gasteiger partial charge in [-0.05, 0) is 25.7 Å². The monoisotopic (exact) mass is 241 g/mol. The molecule has 2 rings (SSSR count). The molecule has 2 aliphatic heterocycles. The number of rotatable bonds is 3. The summed E-state index contributed by atoms with van der Waals surface area (Å²) in [4.78, 5) is 12.3. The number of piperidine rings is 1. The molecule has 0 aromatic heterocycles. The first-order valence-electron chi connectivity index (χ1n) is 6.61. The Labute approximate surface area is 103 Å². The Bertz CT molecular complexity index is 258. The molecule has 0 spiro atoms. The molecule has 1 amide bonds. The Morgan fingerprint density at radius 3 is 2.47 bits per heavy atom. The van der Waals surface area contributed by atoms with Gasteiger partial charge in [0.15, 0.2) is 0 Å². The van der Waals surface area contributed by atoms with E-state index in [0.29, 0.717) is 19.8 Å². The van der Waals surface area contributed by atoms with Crippen molar-refractivity contribution >= 4 is 5.91 Å². The van der Waals surface area contributed by atoms with Crippen molar-refractivity contribution < 1.29 is 9.53 Å². The van der Waals surface area contributed by atoms with Crippen LogP contribution in [0.25, 0.3) is 0 Å². The van der Waals surface area contributed by atoms with E-state index in [1.165, 1.54) is 19.3 Å². The first-order valence-corrected chi connectivity index (χ1v) is 6.61. The SMILES string of the molecule is NCC1(C(=O)NN2CCCCC2)CCOCC1. The molecular formula is C12H23N3O2. The van der Waals surface area contributed by atoms with Gasteiger partial charge < -0.3 is 10.5 Å². The van der Waals surface area contributed by atoms with Crippen LogP contribution in [0.1, 0.15) is 32.1 Å². The van der Waals surface area contributed by atoms with Gasteiger partial charge in [0, 0.05) is 32.8 Å². The van der Waals surface area contributed by atoms with E-state index in [2.05, 4.69) is 5.43 Å². The number of ether oxygens (including phenoxy) is 1. The fraction of sp³-hybridized carbons (Fsp3) is 0.917. The fourth-order valence-electron chi connectivity index (χ4n) is 2.55. The van der Waals surface area contributed by atoms with Crippen LogP contribution in [0.4, 0.5) is 0 Å². The average Bonchev–Trinajstić information content (AvgIpc) is 2.40. The van der Waals surface area contributed by atoms with Crippen molar-refractivity contribution in [2.45, 2.75) is 32.1 Å². The summed E-state index contributed by atoms with van der Waals surface area (Å²) in [5, 5.41) is 2.04. The topological polar surface area (TPSA) is 67.6 Å². The Morgan fingerprint density at radius 2 is 1.88 bits per heavy atom. The molecule has 0 aliphatic carbocycles. The molecule has 2 fully saturated rings. The summed E-state index contributed by atoms with van der Waals surface area (Å²) < 4.78 is 5.32. The number of amides is 1. The minimum atomic E-state index is -0.407. The maximum Gasteiger partial charge on any atom is 0.241 e. The van der Waals surface area contributed by atoms with Gasteiger partial charge in [0.05, 0.1) is 5.41 Å². The lowest BCUT2D eigenvalue weighted by Crippen LogP contribution is -2.55. The van der Waals surface area contributed by atoms with Crippen molar-refractivity contribution in [1.82, 2.24) is 10.4 Å². The van der Waals surface area contributed by atoms with E-state index in [4.69, 9.17) is 10.5 Å². The van der Waals surface area contributed by atoms with Crippen molar-refractivity contribution in [3.63, 3.8) is 0 Å². The van der Waals surface area contributed by atoms with E-state index in [1.807, 2.05) is 5.01 Å². The van der Waals surface area contributed by atoms with Crippen LogP contribution in [0, 0.1) is 5.41 Å². The summed E-state index contributed by atoms with van der Waals surface area (Å²) in [7, 11) is 0. The molecule has 0 aromatic rings. The molecule has 0 atom stereocenters. The quantitative estimate of drug-likeness (QED) is 0.743. The number of nitrogens with two attached hydrogens (primary N) is 1. The van der Waals surface area contributed by atoms with Crippen molar-refractivity contribution in [3.05, 3.63) is 0 Å². The zero-order valence-electron chi connectivity index (χ0n) is 10.4. The second-order valence-electron chi connectivity index (χ2n) is 5.09. The molecule has 2 heterocycles. The predicted octanol–water partition coefficient (Wildman–Crippen LogP) is 0.259. The molecule has 5 nitrogen and oxygen atoms in total. The van der Waals surface area contributed by atoms with Gasteiger partial charge >= 0.3 is 0 Å². The lowest BCUT2D eigenvalue weighted by atomic mass is 9.79. The maximum absolute atomic E-state index is 12.3. The Kier molecular flexibility index (Phi) is 4.36. The fourth-order valence-corrected chi connectivity index (χ4v) is 2.55. The van der Waals surface area contributed by atoms with Crippen molar-refractivity contribution in [2.24, 2.45) is 11.1 Å². The van der Waals surface area contributed by atoms with Crippen molar-refractivity contribution in [3.8, 4) is 0 Å². The summed E-state index contributed by atoms with van der Waals surface area (Å²) in [5.74, 6) is 0.0881. The largest absolute Gasteiger partial charge is 0.381 e.